The third-order valence-corrected chi connectivity index (χ3v) is 4.04. The van der Waals surface area contributed by atoms with E-state index in [0.717, 1.165) is 24.2 Å². The fourth-order valence-corrected chi connectivity index (χ4v) is 2.46. The molecule has 0 heterocycles. The molecule has 108 valence electrons. The van der Waals surface area contributed by atoms with Crippen LogP contribution in [-0.4, -0.2) is 15.0 Å². The van der Waals surface area contributed by atoms with Gasteiger partial charge in [0, 0.05) is 12.2 Å². The number of primary sulfonamides is 1. The van der Waals surface area contributed by atoms with Crippen molar-refractivity contribution in [1.29, 1.82) is 0 Å². The van der Waals surface area contributed by atoms with E-state index < -0.39 is 10.0 Å². The number of anilines is 1. The van der Waals surface area contributed by atoms with Gasteiger partial charge in [-0.05, 0) is 31.0 Å². The number of benzene rings is 1. The van der Waals surface area contributed by atoms with E-state index in [4.69, 9.17) is 5.14 Å². The van der Waals surface area contributed by atoms with Gasteiger partial charge in [-0.25, -0.2) is 13.6 Å². The predicted molar refractivity (Wildman–Crippen MR) is 79.8 cm³/mol. The maximum Gasteiger partial charge on any atom is 0.238 e. The van der Waals surface area contributed by atoms with Gasteiger partial charge in [0.1, 0.15) is 0 Å². The summed E-state index contributed by atoms with van der Waals surface area (Å²) in [5.41, 5.74) is 1.88. The summed E-state index contributed by atoms with van der Waals surface area (Å²) < 4.78 is 22.6. The van der Waals surface area contributed by atoms with Crippen LogP contribution in [0.15, 0.2) is 23.1 Å². The second-order valence-corrected chi connectivity index (χ2v) is 6.42. The lowest BCUT2D eigenvalue weighted by Gasteiger charge is -2.11. The first-order valence-electron chi connectivity index (χ1n) is 6.82. The molecular weight excluding hydrogens is 260 g/mol. The fraction of sp³-hybridized carbons (Fsp3) is 0.571. The number of nitrogens with two attached hydrogens (primary N) is 1. The van der Waals surface area contributed by atoms with Crippen LogP contribution in [-0.2, 0) is 10.0 Å². The average Bonchev–Trinajstić information content (AvgIpc) is 2.34. The molecule has 0 fully saturated rings. The van der Waals surface area contributed by atoms with Gasteiger partial charge in [-0.3, -0.25) is 0 Å². The first-order valence-corrected chi connectivity index (χ1v) is 8.37. The zero-order valence-electron chi connectivity index (χ0n) is 11.8. The van der Waals surface area contributed by atoms with Crippen molar-refractivity contribution in [3.63, 3.8) is 0 Å². The van der Waals surface area contributed by atoms with E-state index in [1.54, 1.807) is 12.1 Å². The Morgan fingerprint density at radius 3 is 2.47 bits per heavy atom. The Kier molecular flexibility index (Phi) is 6.31. The molecule has 0 saturated carbocycles. The number of hydrogen-bond donors (Lipinski definition) is 2. The number of sulfonamides is 1. The highest BCUT2D eigenvalue weighted by atomic mass is 32.2. The van der Waals surface area contributed by atoms with Crippen LogP contribution >= 0.6 is 0 Å². The summed E-state index contributed by atoms with van der Waals surface area (Å²) in [5.74, 6) is 0. The zero-order valence-corrected chi connectivity index (χ0v) is 12.6. The van der Waals surface area contributed by atoms with Gasteiger partial charge in [0.15, 0.2) is 0 Å². The van der Waals surface area contributed by atoms with E-state index in [0.29, 0.717) is 0 Å². The van der Waals surface area contributed by atoms with Gasteiger partial charge in [0.2, 0.25) is 10.0 Å². The molecule has 4 nitrogen and oxygen atoms in total. The van der Waals surface area contributed by atoms with Gasteiger partial charge in [-0.1, -0.05) is 38.7 Å². The topological polar surface area (TPSA) is 72.2 Å². The SMILES string of the molecule is CCCCCCCNc1cc(S(N)(=O)=O)ccc1C. The molecule has 0 aliphatic heterocycles. The van der Waals surface area contributed by atoms with Crippen molar-refractivity contribution in [2.45, 2.75) is 50.8 Å². The molecule has 1 aromatic carbocycles. The molecule has 19 heavy (non-hydrogen) atoms. The van der Waals surface area contributed by atoms with Crippen LogP contribution in [0.25, 0.3) is 0 Å². The van der Waals surface area contributed by atoms with E-state index in [9.17, 15) is 8.42 Å². The summed E-state index contributed by atoms with van der Waals surface area (Å²) in [4.78, 5) is 0.159. The molecule has 0 bridgehead atoms. The Balaban J connectivity index is 2.53. The predicted octanol–water partition coefficient (Wildman–Crippen LogP) is 3.02. The summed E-state index contributed by atoms with van der Waals surface area (Å²) in [7, 11) is -3.62. The molecule has 0 atom stereocenters. The van der Waals surface area contributed by atoms with Gasteiger partial charge in [-0.15, -0.1) is 0 Å². The lowest BCUT2D eigenvalue weighted by atomic mass is 10.1. The number of nitrogens with one attached hydrogen (secondary N) is 1. The third-order valence-electron chi connectivity index (χ3n) is 3.13. The monoisotopic (exact) mass is 284 g/mol. The number of hydrogen-bond acceptors (Lipinski definition) is 3. The molecule has 1 aromatic rings. The molecule has 0 aromatic heterocycles. The van der Waals surface area contributed by atoms with Crippen LogP contribution in [0.2, 0.25) is 0 Å². The van der Waals surface area contributed by atoms with Crippen molar-refractivity contribution in [2.24, 2.45) is 5.14 Å². The molecule has 0 spiro atoms. The number of aryl methyl sites for hydroxylation is 1. The highest BCUT2D eigenvalue weighted by Gasteiger charge is 2.09. The van der Waals surface area contributed by atoms with Crippen molar-refractivity contribution < 1.29 is 8.42 Å². The molecule has 5 heteroatoms. The highest BCUT2D eigenvalue weighted by molar-refractivity contribution is 7.89. The summed E-state index contributed by atoms with van der Waals surface area (Å²) in [6.07, 6.45) is 6.07. The van der Waals surface area contributed by atoms with Crippen LogP contribution in [0.4, 0.5) is 5.69 Å². The molecular formula is C14H24N2O2S. The minimum atomic E-state index is -3.62. The van der Waals surface area contributed by atoms with Crippen molar-refractivity contribution in [1.82, 2.24) is 0 Å². The Morgan fingerprint density at radius 2 is 1.84 bits per heavy atom. The minimum absolute atomic E-state index is 0.159. The number of rotatable bonds is 8. The van der Waals surface area contributed by atoms with Crippen LogP contribution in [0.3, 0.4) is 0 Å². The Hall–Kier alpha value is -1.07. The largest absolute Gasteiger partial charge is 0.385 e. The second kappa shape index (κ2) is 7.50. The Morgan fingerprint density at radius 1 is 1.16 bits per heavy atom. The van der Waals surface area contributed by atoms with Crippen LogP contribution < -0.4 is 10.5 Å². The first kappa shape index (κ1) is 16.0. The van der Waals surface area contributed by atoms with E-state index in [2.05, 4.69) is 12.2 Å². The van der Waals surface area contributed by atoms with E-state index in [1.807, 2.05) is 6.92 Å². The molecule has 0 radical (unpaired) electrons. The Labute approximate surface area is 116 Å². The lowest BCUT2D eigenvalue weighted by Crippen LogP contribution is -2.13. The number of unbranched alkanes of at least 4 members (excludes halogenated alkanes) is 4. The van der Waals surface area contributed by atoms with Crippen molar-refractivity contribution in [2.75, 3.05) is 11.9 Å². The smallest absolute Gasteiger partial charge is 0.238 e. The maximum absolute atomic E-state index is 11.3. The standard InChI is InChI=1S/C14H24N2O2S/c1-3-4-5-6-7-10-16-14-11-13(19(15,17)18)9-8-12(14)2/h8-9,11,16H,3-7,10H2,1-2H3,(H2,15,17,18). The van der Waals surface area contributed by atoms with Gasteiger partial charge in [0.25, 0.3) is 0 Å². The van der Waals surface area contributed by atoms with Gasteiger partial charge in [0.05, 0.1) is 4.90 Å². The third kappa shape index (κ3) is 5.61. The fourth-order valence-electron chi connectivity index (χ4n) is 1.92. The average molecular weight is 284 g/mol. The van der Waals surface area contributed by atoms with Gasteiger partial charge in [-0.2, -0.15) is 0 Å². The summed E-state index contributed by atoms with van der Waals surface area (Å²) in [5, 5.41) is 8.41. The van der Waals surface area contributed by atoms with Crippen LogP contribution in [0.1, 0.15) is 44.6 Å². The Bertz CT molecular complexity index is 498. The van der Waals surface area contributed by atoms with Crippen LogP contribution in [0.5, 0.6) is 0 Å². The van der Waals surface area contributed by atoms with Crippen molar-refractivity contribution >= 4 is 15.7 Å². The van der Waals surface area contributed by atoms with Crippen molar-refractivity contribution in [3.8, 4) is 0 Å². The van der Waals surface area contributed by atoms with E-state index >= 15 is 0 Å². The minimum Gasteiger partial charge on any atom is -0.385 e. The van der Waals surface area contributed by atoms with Crippen LogP contribution in [0, 0.1) is 6.92 Å². The molecule has 0 unspecified atom stereocenters. The molecule has 0 aliphatic carbocycles. The lowest BCUT2D eigenvalue weighted by molar-refractivity contribution is 0.598. The van der Waals surface area contributed by atoms with E-state index in [-0.39, 0.29) is 4.90 Å². The normalized spacial score (nSPS) is 11.5. The van der Waals surface area contributed by atoms with Gasteiger partial charge < -0.3 is 5.32 Å². The van der Waals surface area contributed by atoms with E-state index in [1.165, 1.54) is 31.7 Å². The molecule has 0 saturated heterocycles. The second-order valence-electron chi connectivity index (χ2n) is 4.86. The summed E-state index contributed by atoms with van der Waals surface area (Å²) in [6, 6.07) is 4.92. The molecule has 3 N–H and O–H groups in total. The summed E-state index contributed by atoms with van der Waals surface area (Å²) in [6.45, 7) is 5.01. The first-order chi connectivity index (χ1) is 8.95. The molecule has 0 amide bonds. The zero-order chi connectivity index (χ0) is 14.3. The molecule has 1 rings (SSSR count). The quantitative estimate of drug-likeness (QED) is 0.721. The maximum atomic E-state index is 11.3. The van der Waals surface area contributed by atoms with Gasteiger partial charge >= 0.3 is 0 Å². The summed E-state index contributed by atoms with van der Waals surface area (Å²) >= 11 is 0. The van der Waals surface area contributed by atoms with Crippen molar-refractivity contribution in [3.05, 3.63) is 23.8 Å². The molecule has 0 aliphatic rings. The highest BCUT2D eigenvalue weighted by Crippen LogP contribution is 2.19.